The number of carbonyl (C=O) groups is 1. The van der Waals surface area contributed by atoms with E-state index in [2.05, 4.69) is 5.32 Å². The van der Waals surface area contributed by atoms with Crippen LogP contribution in [0.25, 0.3) is 0 Å². The van der Waals surface area contributed by atoms with Crippen molar-refractivity contribution < 1.29 is 9.53 Å². The van der Waals surface area contributed by atoms with E-state index in [4.69, 9.17) is 39.4 Å². The van der Waals surface area contributed by atoms with Gasteiger partial charge in [0.15, 0.2) is 0 Å². The fourth-order valence-corrected chi connectivity index (χ4v) is 2.72. The molecule has 128 valence electrons. The molecule has 0 aromatic heterocycles. The van der Waals surface area contributed by atoms with E-state index >= 15 is 0 Å². The zero-order valence-electron chi connectivity index (χ0n) is 13.2. The van der Waals surface area contributed by atoms with E-state index in [0.29, 0.717) is 34.6 Å². The Bertz CT molecular complexity index is 731. The van der Waals surface area contributed by atoms with Crippen molar-refractivity contribution in [3.05, 3.63) is 51.5 Å². The molecule has 0 bridgehead atoms. The molecule has 0 saturated carbocycles. The van der Waals surface area contributed by atoms with Crippen LogP contribution in [0.3, 0.4) is 0 Å². The highest BCUT2D eigenvalue weighted by molar-refractivity contribution is 6.34. The summed E-state index contributed by atoms with van der Waals surface area (Å²) in [6.45, 7) is 2.72. The highest BCUT2D eigenvalue weighted by Gasteiger charge is 2.15. The number of nitrogens with one attached hydrogen (secondary N) is 1. The van der Waals surface area contributed by atoms with Gasteiger partial charge in [-0.1, -0.05) is 30.1 Å². The average molecular weight is 368 g/mol. The first-order chi connectivity index (χ1) is 11.4. The highest BCUT2D eigenvalue weighted by Crippen LogP contribution is 2.30. The third kappa shape index (κ3) is 4.46. The van der Waals surface area contributed by atoms with Gasteiger partial charge in [-0.25, -0.2) is 4.79 Å². The fraction of sp³-hybridized carbons (Fsp3) is 0.235. The number of anilines is 3. The number of esters is 1. The summed E-state index contributed by atoms with van der Waals surface area (Å²) in [7, 11) is 0. The van der Waals surface area contributed by atoms with Crippen LogP contribution in [-0.2, 0) is 11.3 Å². The Hall–Kier alpha value is -2.11. The molecule has 24 heavy (non-hydrogen) atoms. The van der Waals surface area contributed by atoms with Crippen LogP contribution < -0.4 is 16.8 Å². The van der Waals surface area contributed by atoms with Gasteiger partial charge in [-0.3, -0.25) is 0 Å². The first-order valence-electron chi connectivity index (χ1n) is 7.46. The number of benzene rings is 2. The highest BCUT2D eigenvalue weighted by atomic mass is 35.5. The van der Waals surface area contributed by atoms with Crippen molar-refractivity contribution in [2.75, 3.05) is 23.4 Å². The van der Waals surface area contributed by atoms with E-state index in [1.54, 1.807) is 30.3 Å². The van der Waals surface area contributed by atoms with Gasteiger partial charge in [0.25, 0.3) is 0 Å². The van der Waals surface area contributed by atoms with Gasteiger partial charge >= 0.3 is 5.97 Å². The summed E-state index contributed by atoms with van der Waals surface area (Å²) in [4.78, 5) is 11.9. The van der Waals surface area contributed by atoms with Gasteiger partial charge in [0.2, 0.25) is 0 Å². The first kappa shape index (κ1) is 18.2. The SMILES string of the molecule is CCCOC(=O)c1ccc(NCc2cc(Cl)cc(Cl)c2)c(N)c1N. The topological polar surface area (TPSA) is 90.4 Å². The van der Waals surface area contributed by atoms with Gasteiger partial charge < -0.3 is 21.5 Å². The van der Waals surface area contributed by atoms with Crippen molar-refractivity contribution in [2.45, 2.75) is 19.9 Å². The standard InChI is InChI=1S/C17H19Cl2N3O2/c1-2-5-24-17(23)13-3-4-14(16(21)15(13)20)22-9-10-6-11(18)8-12(19)7-10/h3-4,6-8,22H,2,5,9,20-21H2,1H3. The lowest BCUT2D eigenvalue weighted by Crippen LogP contribution is -2.12. The van der Waals surface area contributed by atoms with Crippen molar-refractivity contribution in [1.82, 2.24) is 0 Å². The number of hydrogen-bond donors (Lipinski definition) is 3. The predicted molar refractivity (Wildman–Crippen MR) is 99.6 cm³/mol. The van der Waals surface area contributed by atoms with Crippen molar-refractivity contribution in [3.63, 3.8) is 0 Å². The molecule has 5 nitrogen and oxygen atoms in total. The lowest BCUT2D eigenvalue weighted by Gasteiger charge is -2.14. The molecule has 0 radical (unpaired) electrons. The summed E-state index contributed by atoms with van der Waals surface area (Å²) in [6, 6.07) is 8.56. The maximum atomic E-state index is 11.9. The Morgan fingerprint density at radius 3 is 2.42 bits per heavy atom. The van der Waals surface area contributed by atoms with Gasteiger partial charge in [-0.15, -0.1) is 0 Å². The molecule has 0 atom stereocenters. The van der Waals surface area contributed by atoms with Crippen LogP contribution in [0.4, 0.5) is 17.1 Å². The van der Waals surface area contributed by atoms with E-state index in [1.807, 2.05) is 6.92 Å². The fourth-order valence-electron chi connectivity index (χ4n) is 2.15. The Balaban J connectivity index is 2.14. The Kier molecular flexibility index (Phi) is 6.17. The van der Waals surface area contributed by atoms with E-state index in [0.717, 1.165) is 12.0 Å². The van der Waals surface area contributed by atoms with Crippen LogP contribution in [0.15, 0.2) is 30.3 Å². The van der Waals surface area contributed by atoms with Crippen molar-refractivity contribution in [2.24, 2.45) is 0 Å². The second kappa shape index (κ2) is 8.13. The van der Waals surface area contributed by atoms with Gasteiger partial charge in [0, 0.05) is 16.6 Å². The summed E-state index contributed by atoms with van der Waals surface area (Å²) < 4.78 is 5.08. The zero-order chi connectivity index (χ0) is 17.7. The smallest absolute Gasteiger partial charge is 0.340 e. The summed E-state index contributed by atoms with van der Waals surface area (Å²) >= 11 is 12.0. The Morgan fingerprint density at radius 1 is 1.12 bits per heavy atom. The number of hydrogen-bond acceptors (Lipinski definition) is 5. The van der Waals surface area contributed by atoms with Gasteiger partial charge in [-0.2, -0.15) is 0 Å². The largest absolute Gasteiger partial charge is 0.462 e. The molecule has 0 aliphatic heterocycles. The van der Waals surface area contributed by atoms with E-state index < -0.39 is 5.97 Å². The third-order valence-electron chi connectivity index (χ3n) is 3.35. The number of nitrogens with two attached hydrogens (primary N) is 2. The van der Waals surface area contributed by atoms with Crippen molar-refractivity contribution >= 4 is 46.2 Å². The van der Waals surface area contributed by atoms with Gasteiger partial charge in [0.05, 0.1) is 29.2 Å². The molecule has 2 aromatic carbocycles. The van der Waals surface area contributed by atoms with Crippen LogP contribution in [0.2, 0.25) is 10.0 Å². The average Bonchev–Trinajstić information content (AvgIpc) is 2.53. The number of ether oxygens (including phenoxy) is 1. The summed E-state index contributed by atoms with van der Waals surface area (Å²) in [5, 5.41) is 4.27. The van der Waals surface area contributed by atoms with Crippen LogP contribution in [0.5, 0.6) is 0 Å². The van der Waals surface area contributed by atoms with Crippen LogP contribution in [-0.4, -0.2) is 12.6 Å². The van der Waals surface area contributed by atoms with Crippen molar-refractivity contribution in [3.8, 4) is 0 Å². The molecule has 7 heteroatoms. The third-order valence-corrected chi connectivity index (χ3v) is 3.79. The van der Waals surface area contributed by atoms with Crippen LogP contribution in [0.1, 0.15) is 29.3 Å². The maximum Gasteiger partial charge on any atom is 0.340 e. The molecule has 0 unspecified atom stereocenters. The molecule has 0 fully saturated rings. The number of nitrogen functional groups attached to an aromatic ring is 2. The molecule has 0 heterocycles. The maximum absolute atomic E-state index is 11.9. The molecular weight excluding hydrogens is 349 g/mol. The second-order valence-electron chi connectivity index (χ2n) is 5.26. The molecule has 0 saturated heterocycles. The van der Waals surface area contributed by atoms with E-state index in [9.17, 15) is 4.79 Å². The van der Waals surface area contributed by atoms with Crippen molar-refractivity contribution in [1.29, 1.82) is 0 Å². The van der Waals surface area contributed by atoms with Crippen LogP contribution in [0, 0.1) is 0 Å². The summed E-state index contributed by atoms with van der Waals surface area (Å²) in [6.07, 6.45) is 0.739. The summed E-state index contributed by atoms with van der Waals surface area (Å²) in [5.41, 5.74) is 14.3. The molecule has 0 aliphatic carbocycles. The molecular formula is C17H19Cl2N3O2. The summed E-state index contributed by atoms with van der Waals surface area (Å²) in [5.74, 6) is -0.478. The minimum atomic E-state index is -0.478. The lowest BCUT2D eigenvalue weighted by molar-refractivity contribution is 0.0506. The zero-order valence-corrected chi connectivity index (χ0v) is 14.7. The number of rotatable bonds is 6. The second-order valence-corrected chi connectivity index (χ2v) is 6.13. The molecule has 0 aliphatic rings. The van der Waals surface area contributed by atoms with Gasteiger partial charge in [0.1, 0.15) is 0 Å². The number of halogens is 2. The Morgan fingerprint density at radius 2 is 1.79 bits per heavy atom. The molecule has 0 spiro atoms. The van der Waals surface area contributed by atoms with Gasteiger partial charge in [-0.05, 0) is 42.3 Å². The minimum Gasteiger partial charge on any atom is -0.462 e. The quantitative estimate of drug-likeness (QED) is 0.521. The first-order valence-corrected chi connectivity index (χ1v) is 8.22. The van der Waals surface area contributed by atoms with E-state index in [1.165, 1.54) is 0 Å². The van der Waals surface area contributed by atoms with Crippen LogP contribution >= 0.6 is 23.2 Å². The number of carbonyl (C=O) groups excluding carboxylic acids is 1. The normalized spacial score (nSPS) is 10.5. The minimum absolute atomic E-state index is 0.199. The predicted octanol–water partition coefficient (Wildman–Crippen LogP) is 4.34. The van der Waals surface area contributed by atoms with E-state index in [-0.39, 0.29) is 11.3 Å². The molecule has 2 rings (SSSR count). The molecule has 5 N–H and O–H groups in total. The Labute approximate surface area is 150 Å². The lowest BCUT2D eigenvalue weighted by atomic mass is 10.1. The monoisotopic (exact) mass is 367 g/mol. The molecule has 0 amide bonds. The molecule has 2 aromatic rings.